The number of primary sulfonamides is 1. The molecule has 1 atom stereocenters. The third kappa shape index (κ3) is 5.92. The number of carbonyl (C=O) groups is 1. The highest BCUT2D eigenvalue weighted by atomic mass is 35.5. The molecular weight excluding hydrogens is 466 g/mol. The van der Waals surface area contributed by atoms with Crippen LogP contribution in [0.5, 0.6) is 0 Å². The predicted octanol–water partition coefficient (Wildman–Crippen LogP) is 4.01. The largest absolute Gasteiger partial charge is 0.330 e. The first-order chi connectivity index (χ1) is 14.1. The molecule has 0 saturated carbocycles. The monoisotopic (exact) mass is 483 g/mol. The number of nitrogens with one attached hydrogen (secondary N) is 2. The van der Waals surface area contributed by atoms with E-state index in [0.29, 0.717) is 20.2 Å². The molecular formula is C18H18ClN5O3S3. The molecule has 1 amide bonds. The number of amides is 1. The number of hydrogen-bond donors (Lipinski definition) is 3. The zero-order valence-electron chi connectivity index (χ0n) is 15.9. The van der Waals surface area contributed by atoms with Gasteiger partial charge in [0.05, 0.1) is 10.1 Å². The van der Waals surface area contributed by atoms with Gasteiger partial charge in [0.25, 0.3) is 0 Å². The molecule has 2 aromatic carbocycles. The third-order valence-electron chi connectivity index (χ3n) is 3.93. The molecule has 30 heavy (non-hydrogen) atoms. The minimum absolute atomic E-state index is 0.0216. The van der Waals surface area contributed by atoms with Crippen LogP contribution in [0.2, 0.25) is 5.02 Å². The number of nitrogens with two attached hydrogens (primary N) is 1. The molecule has 12 heteroatoms. The van der Waals surface area contributed by atoms with E-state index < -0.39 is 15.3 Å². The Kier molecular flexibility index (Phi) is 6.98. The van der Waals surface area contributed by atoms with E-state index >= 15 is 0 Å². The van der Waals surface area contributed by atoms with Crippen molar-refractivity contribution in [1.29, 1.82) is 0 Å². The lowest BCUT2D eigenvalue weighted by Gasteiger charge is -2.10. The molecule has 0 spiro atoms. The second-order valence-electron chi connectivity index (χ2n) is 6.28. The number of aromatic nitrogens is 2. The second kappa shape index (κ2) is 9.31. The lowest BCUT2D eigenvalue weighted by atomic mass is 10.2. The van der Waals surface area contributed by atoms with Crippen molar-refractivity contribution in [3.05, 3.63) is 53.1 Å². The zero-order chi connectivity index (χ0) is 21.9. The third-order valence-corrected chi connectivity index (χ3v) is 7.29. The number of thioether (sulfide) groups is 1. The van der Waals surface area contributed by atoms with Gasteiger partial charge >= 0.3 is 0 Å². The van der Waals surface area contributed by atoms with Crippen molar-refractivity contribution in [3.63, 3.8) is 0 Å². The van der Waals surface area contributed by atoms with Gasteiger partial charge in [-0.3, -0.25) is 4.79 Å². The van der Waals surface area contributed by atoms with E-state index in [1.807, 2.05) is 25.1 Å². The van der Waals surface area contributed by atoms with Crippen LogP contribution in [-0.2, 0) is 14.8 Å². The molecule has 0 saturated heterocycles. The number of sulfonamides is 1. The fourth-order valence-electron chi connectivity index (χ4n) is 2.28. The Morgan fingerprint density at radius 1 is 1.17 bits per heavy atom. The number of aryl methyl sites for hydroxylation is 1. The van der Waals surface area contributed by atoms with Crippen molar-refractivity contribution >= 4 is 67.1 Å². The fourth-order valence-corrected chi connectivity index (χ4v) is 4.89. The number of benzene rings is 2. The van der Waals surface area contributed by atoms with E-state index in [1.165, 1.54) is 47.4 Å². The number of anilines is 3. The molecule has 0 aliphatic rings. The van der Waals surface area contributed by atoms with Crippen molar-refractivity contribution in [3.8, 4) is 0 Å². The minimum Gasteiger partial charge on any atom is -0.330 e. The molecule has 4 N–H and O–H groups in total. The average molecular weight is 484 g/mol. The number of halogens is 1. The van der Waals surface area contributed by atoms with Crippen molar-refractivity contribution < 1.29 is 13.2 Å². The molecule has 8 nitrogen and oxygen atoms in total. The van der Waals surface area contributed by atoms with Crippen LogP contribution in [0, 0.1) is 6.92 Å². The van der Waals surface area contributed by atoms with Crippen LogP contribution in [0.1, 0.15) is 12.5 Å². The lowest BCUT2D eigenvalue weighted by Crippen LogP contribution is -2.22. The van der Waals surface area contributed by atoms with Gasteiger partial charge in [0.2, 0.25) is 21.1 Å². The molecule has 1 unspecified atom stereocenters. The van der Waals surface area contributed by atoms with Gasteiger partial charge in [-0.2, -0.15) is 0 Å². The number of carbonyl (C=O) groups excluding carboxylic acids is 1. The molecule has 1 heterocycles. The van der Waals surface area contributed by atoms with Crippen molar-refractivity contribution in [2.24, 2.45) is 5.14 Å². The first-order valence-corrected chi connectivity index (χ1v) is 12.2. The van der Waals surface area contributed by atoms with Gasteiger partial charge in [0.1, 0.15) is 0 Å². The lowest BCUT2D eigenvalue weighted by molar-refractivity contribution is -0.115. The molecule has 158 valence electrons. The van der Waals surface area contributed by atoms with Gasteiger partial charge < -0.3 is 10.6 Å². The standard InChI is InChI=1S/C18H18ClN5O3S3/c1-10-3-4-13(9-15(10)19)22-17-23-24-18(29-17)28-11(2)16(25)21-12-5-7-14(8-6-12)30(20,26)27/h3-9,11H,1-2H3,(H,21,25)(H,22,23)(H2,20,26,27). The minimum atomic E-state index is -3.77. The van der Waals surface area contributed by atoms with Gasteiger partial charge in [-0.05, 0) is 55.8 Å². The summed E-state index contributed by atoms with van der Waals surface area (Å²) in [6, 6.07) is 11.2. The van der Waals surface area contributed by atoms with Crippen LogP contribution in [0.25, 0.3) is 0 Å². The molecule has 0 aliphatic carbocycles. The van der Waals surface area contributed by atoms with Crippen LogP contribution in [-0.4, -0.2) is 29.8 Å². The quantitative estimate of drug-likeness (QED) is 0.433. The Hall–Kier alpha value is -2.18. The van der Waals surface area contributed by atoms with Crippen molar-refractivity contribution in [2.75, 3.05) is 10.6 Å². The highest BCUT2D eigenvalue weighted by molar-refractivity contribution is 8.02. The maximum Gasteiger partial charge on any atom is 0.238 e. The highest BCUT2D eigenvalue weighted by Crippen LogP contribution is 2.31. The van der Waals surface area contributed by atoms with E-state index in [1.54, 1.807) is 6.92 Å². The van der Waals surface area contributed by atoms with Crippen molar-refractivity contribution in [2.45, 2.75) is 28.3 Å². The summed E-state index contributed by atoms with van der Waals surface area (Å²) < 4.78 is 23.2. The van der Waals surface area contributed by atoms with E-state index in [2.05, 4.69) is 20.8 Å². The topological polar surface area (TPSA) is 127 Å². The first-order valence-electron chi connectivity index (χ1n) is 8.59. The first kappa shape index (κ1) is 22.5. The summed E-state index contributed by atoms with van der Waals surface area (Å²) in [6.45, 7) is 3.67. The van der Waals surface area contributed by atoms with Crippen LogP contribution < -0.4 is 15.8 Å². The Labute approximate surface area is 187 Å². The summed E-state index contributed by atoms with van der Waals surface area (Å²) in [5, 5.41) is 19.9. The molecule has 1 aromatic heterocycles. The van der Waals surface area contributed by atoms with E-state index in [-0.39, 0.29) is 10.8 Å². The van der Waals surface area contributed by atoms with Gasteiger partial charge in [0, 0.05) is 16.4 Å². The molecule has 3 rings (SSSR count). The number of rotatable bonds is 7. The molecule has 0 fully saturated rings. The zero-order valence-corrected chi connectivity index (χ0v) is 19.1. The van der Waals surface area contributed by atoms with Crippen molar-refractivity contribution in [1.82, 2.24) is 10.2 Å². The maximum atomic E-state index is 12.4. The SMILES string of the molecule is Cc1ccc(Nc2nnc(SC(C)C(=O)Nc3ccc(S(N)(=O)=O)cc3)s2)cc1Cl. The molecule has 0 radical (unpaired) electrons. The summed E-state index contributed by atoms with van der Waals surface area (Å²) in [5.41, 5.74) is 2.25. The predicted molar refractivity (Wildman–Crippen MR) is 121 cm³/mol. The van der Waals surface area contributed by atoms with E-state index in [4.69, 9.17) is 16.7 Å². The van der Waals surface area contributed by atoms with Crippen LogP contribution in [0.3, 0.4) is 0 Å². The Balaban J connectivity index is 1.58. The summed E-state index contributed by atoms with van der Waals surface area (Å²) in [7, 11) is -3.77. The van der Waals surface area contributed by atoms with E-state index in [0.717, 1.165) is 11.3 Å². The van der Waals surface area contributed by atoms with Crippen LogP contribution in [0.15, 0.2) is 51.7 Å². The van der Waals surface area contributed by atoms with Gasteiger partial charge in [-0.15, -0.1) is 10.2 Å². The van der Waals surface area contributed by atoms with Gasteiger partial charge in [-0.25, -0.2) is 13.6 Å². The number of hydrogen-bond acceptors (Lipinski definition) is 8. The summed E-state index contributed by atoms with van der Waals surface area (Å²) in [4.78, 5) is 12.4. The number of nitrogens with zero attached hydrogens (tertiary/aromatic N) is 2. The average Bonchev–Trinajstić information content (AvgIpc) is 3.11. The normalized spacial score (nSPS) is 12.4. The Morgan fingerprint density at radius 2 is 1.83 bits per heavy atom. The molecule has 0 bridgehead atoms. The molecule has 0 aliphatic heterocycles. The van der Waals surface area contributed by atoms with Gasteiger partial charge in [-0.1, -0.05) is 40.8 Å². The smallest absolute Gasteiger partial charge is 0.238 e. The Morgan fingerprint density at radius 3 is 2.47 bits per heavy atom. The molecule has 3 aromatic rings. The summed E-state index contributed by atoms with van der Waals surface area (Å²) >= 11 is 8.72. The van der Waals surface area contributed by atoms with Gasteiger partial charge in [0.15, 0.2) is 4.34 Å². The Bertz CT molecular complexity index is 1170. The second-order valence-corrected chi connectivity index (χ2v) is 10.8. The summed E-state index contributed by atoms with van der Waals surface area (Å²) in [6.07, 6.45) is 0. The maximum absolute atomic E-state index is 12.4. The highest BCUT2D eigenvalue weighted by Gasteiger charge is 2.18. The summed E-state index contributed by atoms with van der Waals surface area (Å²) in [5.74, 6) is -0.251. The van der Waals surface area contributed by atoms with Crippen LogP contribution in [0.4, 0.5) is 16.5 Å². The fraction of sp³-hybridized carbons (Fsp3) is 0.167. The van der Waals surface area contributed by atoms with Crippen LogP contribution >= 0.6 is 34.7 Å². The van der Waals surface area contributed by atoms with E-state index in [9.17, 15) is 13.2 Å².